The third-order valence-electron chi connectivity index (χ3n) is 4.65. The molecule has 0 aromatic carbocycles. The van der Waals surface area contributed by atoms with Gasteiger partial charge in [-0.25, -0.2) is 0 Å². The fraction of sp³-hybridized carbons (Fsp3) is 0.826. The molecule has 0 rings (SSSR count). The highest BCUT2D eigenvalue weighted by Crippen LogP contribution is 2.22. The topological polar surface area (TPSA) is 0 Å². The number of rotatable bonds is 16. The summed E-state index contributed by atoms with van der Waals surface area (Å²) in [7, 11) is 0. The van der Waals surface area contributed by atoms with Crippen LogP contribution in [0.2, 0.25) is 0 Å². The maximum absolute atomic E-state index is 3.91. The lowest BCUT2D eigenvalue weighted by atomic mass is 9.91. The summed E-state index contributed by atoms with van der Waals surface area (Å²) in [4.78, 5) is 0. The molecular formula is C23H42. The van der Waals surface area contributed by atoms with Crippen molar-refractivity contribution in [2.75, 3.05) is 0 Å². The summed E-state index contributed by atoms with van der Waals surface area (Å²) >= 11 is 0. The molecular weight excluding hydrogens is 276 g/mol. The smallest absolute Gasteiger partial charge is 0.00886 e. The van der Waals surface area contributed by atoms with E-state index < -0.39 is 0 Å². The van der Waals surface area contributed by atoms with Crippen LogP contribution < -0.4 is 0 Å². The average molecular weight is 319 g/mol. The SMILES string of the molecule is [CH2]CCCC#CCCCCC(CCC)CCCCCCCC[CH2]. The molecule has 0 heteroatoms. The fourth-order valence-electron chi connectivity index (χ4n) is 3.19. The second kappa shape index (κ2) is 19.6. The van der Waals surface area contributed by atoms with Crippen LogP contribution in [0.3, 0.4) is 0 Å². The van der Waals surface area contributed by atoms with Crippen molar-refractivity contribution >= 4 is 0 Å². The molecule has 0 aliphatic carbocycles. The Hall–Kier alpha value is -0.440. The van der Waals surface area contributed by atoms with E-state index in [0.29, 0.717) is 0 Å². The van der Waals surface area contributed by atoms with Crippen LogP contribution in [0.1, 0.15) is 116 Å². The molecule has 0 nitrogen and oxygen atoms in total. The first-order chi connectivity index (χ1) is 11.3. The van der Waals surface area contributed by atoms with E-state index in [9.17, 15) is 0 Å². The Bertz CT molecular complexity index is 267. The van der Waals surface area contributed by atoms with Crippen molar-refractivity contribution in [1.82, 2.24) is 0 Å². The van der Waals surface area contributed by atoms with E-state index in [4.69, 9.17) is 0 Å². The van der Waals surface area contributed by atoms with Crippen molar-refractivity contribution in [1.29, 1.82) is 0 Å². The third-order valence-corrected chi connectivity index (χ3v) is 4.65. The van der Waals surface area contributed by atoms with Crippen LogP contribution in [-0.4, -0.2) is 0 Å². The molecule has 2 radical (unpaired) electrons. The van der Waals surface area contributed by atoms with Crippen LogP contribution in [0.4, 0.5) is 0 Å². The second-order valence-electron chi connectivity index (χ2n) is 6.97. The molecule has 1 atom stereocenters. The zero-order valence-corrected chi connectivity index (χ0v) is 16.0. The molecule has 0 N–H and O–H groups in total. The van der Waals surface area contributed by atoms with E-state index in [1.54, 1.807) is 0 Å². The van der Waals surface area contributed by atoms with Crippen molar-refractivity contribution in [2.45, 2.75) is 116 Å². The molecule has 0 spiro atoms. The number of hydrogen-bond acceptors (Lipinski definition) is 0. The minimum absolute atomic E-state index is 0.971. The standard InChI is InChI=1S/C23H42/c1-4-7-9-11-13-15-17-19-22-23(20-6-3)21-18-16-14-12-10-8-5-2/h23H,1-2,4-10,12,14-22H2,3H3. The van der Waals surface area contributed by atoms with Crippen molar-refractivity contribution in [3.05, 3.63) is 13.8 Å². The Morgan fingerprint density at radius 2 is 1.13 bits per heavy atom. The summed E-state index contributed by atoms with van der Waals surface area (Å²) in [6.45, 7) is 10.1. The predicted molar refractivity (Wildman–Crippen MR) is 106 cm³/mol. The molecule has 0 aliphatic heterocycles. The highest BCUT2D eigenvalue weighted by Gasteiger charge is 2.07. The van der Waals surface area contributed by atoms with Gasteiger partial charge in [-0.15, -0.1) is 11.8 Å². The largest absolute Gasteiger partial charge is 0.103 e. The summed E-state index contributed by atoms with van der Waals surface area (Å²) in [5.41, 5.74) is 0. The molecule has 0 aliphatic rings. The quantitative estimate of drug-likeness (QED) is 0.200. The molecule has 0 bridgehead atoms. The van der Waals surface area contributed by atoms with Crippen LogP contribution in [-0.2, 0) is 0 Å². The molecule has 0 fully saturated rings. The molecule has 0 saturated carbocycles. The van der Waals surface area contributed by atoms with Gasteiger partial charge >= 0.3 is 0 Å². The molecule has 0 amide bonds. The van der Waals surface area contributed by atoms with E-state index in [-0.39, 0.29) is 0 Å². The average Bonchev–Trinajstić information content (AvgIpc) is 2.56. The lowest BCUT2D eigenvalue weighted by molar-refractivity contribution is 0.381. The monoisotopic (exact) mass is 318 g/mol. The predicted octanol–water partition coefficient (Wildman–Crippen LogP) is 7.93. The molecule has 0 aromatic heterocycles. The van der Waals surface area contributed by atoms with Crippen molar-refractivity contribution in [2.24, 2.45) is 5.92 Å². The minimum atomic E-state index is 0.971. The van der Waals surface area contributed by atoms with Gasteiger partial charge in [0, 0.05) is 12.8 Å². The van der Waals surface area contributed by atoms with Gasteiger partial charge in [-0.3, -0.25) is 0 Å². The molecule has 0 heterocycles. The van der Waals surface area contributed by atoms with Crippen molar-refractivity contribution < 1.29 is 0 Å². The Kier molecular flexibility index (Phi) is 19.2. The third kappa shape index (κ3) is 17.7. The lowest BCUT2D eigenvalue weighted by Gasteiger charge is -2.15. The van der Waals surface area contributed by atoms with Gasteiger partial charge in [0.15, 0.2) is 0 Å². The van der Waals surface area contributed by atoms with Crippen molar-refractivity contribution in [3.8, 4) is 11.8 Å². The van der Waals surface area contributed by atoms with Gasteiger partial charge in [-0.2, -0.15) is 0 Å². The zero-order chi connectivity index (χ0) is 17.0. The molecule has 0 saturated heterocycles. The summed E-state index contributed by atoms with van der Waals surface area (Å²) in [5, 5.41) is 0. The zero-order valence-electron chi connectivity index (χ0n) is 16.0. The van der Waals surface area contributed by atoms with Gasteiger partial charge in [0.05, 0.1) is 0 Å². The van der Waals surface area contributed by atoms with Gasteiger partial charge in [0.2, 0.25) is 0 Å². The second-order valence-corrected chi connectivity index (χ2v) is 6.97. The number of unbranched alkanes of at least 4 members (excludes halogenated alkanes) is 10. The van der Waals surface area contributed by atoms with E-state index in [1.807, 2.05) is 0 Å². The molecule has 0 aromatic rings. The first kappa shape index (κ1) is 22.6. The Morgan fingerprint density at radius 1 is 0.609 bits per heavy atom. The summed E-state index contributed by atoms with van der Waals surface area (Å²) in [6.07, 6.45) is 22.2. The van der Waals surface area contributed by atoms with Gasteiger partial charge in [-0.1, -0.05) is 104 Å². The minimum Gasteiger partial charge on any atom is -0.103 e. The first-order valence-electron chi connectivity index (χ1n) is 10.4. The van der Waals surface area contributed by atoms with Crippen LogP contribution >= 0.6 is 0 Å². The number of hydrogen-bond donors (Lipinski definition) is 0. The van der Waals surface area contributed by atoms with Crippen LogP contribution in [0.5, 0.6) is 0 Å². The maximum atomic E-state index is 3.91. The summed E-state index contributed by atoms with van der Waals surface area (Å²) in [6, 6.07) is 0. The lowest BCUT2D eigenvalue weighted by Crippen LogP contribution is -2.00. The van der Waals surface area contributed by atoms with Crippen molar-refractivity contribution in [3.63, 3.8) is 0 Å². The summed E-state index contributed by atoms with van der Waals surface area (Å²) < 4.78 is 0. The van der Waals surface area contributed by atoms with Gasteiger partial charge in [0.1, 0.15) is 0 Å². The Balaban J connectivity index is 3.55. The van der Waals surface area contributed by atoms with E-state index >= 15 is 0 Å². The normalized spacial score (nSPS) is 12.0. The summed E-state index contributed by atoms with van der Waals surface area (Å²) in [5.74, 6) is 7.56. The first-order valence-corrected chi connectivity index (χ1v) is 10.4. The van der Waals surface area contributed by atoms with Gasteiger partial charge in [-0.05, 0) is 18.8 Å². The fourth-order valence-corrected chi connectivity index (χ4v) is 3.19. The van der Waals surface area contributed by atoms with Crippen LogP contribution in [0, 0.1) is 31.6 Å². The maximum Gasteiger partial charge on any atom is 0.00886 e. The Labute approximate surface area is 148 Å². The Morgan fingerprint density at radius 3 is 1.74 bits per heavy atom. The van der Waals surface area contributed by atoms with E-state index in [0.717, 1.165) is 38.0 Å². The van der Waals surface area contributed by atoms with Crippen LogP contribution in [0.15, 0.2) is 0 Å². The van der Waals surface area contributed by atoms with E-state index in [2.05, 4.69) is 32.6 Å². The highest BCUT2D eigenvalue weighted by atomic mass is 14.1. The molecule has 134 valence electrons. The van der Waals surface area contributed by atoms with Crippen LogP contribution in [0.25, 0.3) is 0 Å². The molecule has 23 heavy (non-hydrogen) atoms. The highest BCUT2D eigenvalue weighted by molar-refractivity contribution is 4.98. The molecule has 1 unspecified atom stereocenters. The van der Waals surface area contributed by atoms with Gasteiger partial charge in [0.25, 0.3) is 0 Å². The van der Waals surface area contributed by atoms with E-state index in [1.165, 1.54) is 77.0 Å². The van der Waals surface area contributed by atoms with Gasteiger partial charge < -0.3 is 0 Å².